The Hall–Kier alpha value is -0.880. The molecular formula is C14H17IN2O. The average molecular weight is 356 g/mol. The summed E-state index contributed by atoms with van der Waals surface area (Å²) in [5, 5.41) is 6.26. The standard InChI is InChI=1S/C14H17IN2O/c15-13-4-2-1-3-12(13)14(18)17-10-7-11-5-8-16-9-6-11/h1-5,16H,6-10H2,(H,17,18). The fraction of sp³-hybridized carbons (Fsp3) is 0.357. The SMILES string of the molecule is O=C(NCCC1=CCNCC1)c1ccccc1I. The number of nitrogens with one attached hydrogen (secondary N) is 2. The van der Waals surface area contributed by atoms with Gasteiger partial charge in [0.1, 0.15) is 0 Å². The van der Waals surface area contributed by atoms with Crippen LogP contribution in [0.4, 0.5) is 0 Å². The van der Waals surface area contributed by atoms with Crippen molar-refractivity contribution in [3.8, 4) is 0 Å². The number of hydrogen-bond acceptors (Lipinski definition) is 2. The highest BCUT2D eigenvalue weighted by Crippen LogP contribution is 2.12. The van der Waals surface area contributed by atoms with Gasteiger partial charge in [0.15, 0.2) is 0 Å². The minimum absolute atomic E-state index is 0.0227. The molecule has 0 fully saturated rings. The normalized spacial score (nSPS) is 15.1. The van der Waals surface area contributed by atoms with E-state index in [2.05, 4.69) is 39.3 Å². The molecule has 18 heavy (non-hydrogen) atoms. The topological polar surface area (TPSA) is 41.1 Å². The lowest BCUT2D eigenvalue weighted by atomic mass is 10.1. The smallest absolute Gasteiger partial charge is 0.252 e. The molecule has 1 aromatic carbocycles. The zero-order valence-electron chi connectivity index (χ0n) is 10.2. The first kappa shape index (κ1) is 13.5. The highest BCUT2D eigenvalue weighted by Gasteiger charge is 2.09. The van der Waals surface area contributed by atoms with Gasteiger partial charge in [-0.15, -0.1) is 0 Å². The molecule has 0 aromatic heterocycles. The second-order valence-corrected chi connectivity index (χ2v) is 5.46. The maximum Gasteiger partial charge on any atom is 0.252 e. The van der Waals surface area contributed by atoms with E-state index in [-0.39, 0.29) is 5.91 Å². The van der Waals surface area contributed by atoms with Crippen LogP contribution in [0.15, 0.2) is 35.9 Å². The summed E-state index contributed by atoms with van der Waals surface area (Å²) in [7, 11) is 0. The minimum atomic E-state index is 0.0227. The van der Waals surface area contributed by atoms with Gasteiger partial charge in [-0.2, -0.15) is 0 Å². The monoisotopic (exact) mass is 356 g/mol. The van der Waals surface area contributed by atoms with Crippen LogP contribution in [0.3, 0.4) is 0 Å². The molecule has 96 valence electrons. The molecule has 1 aromatic rings. The lowest BCUT2D eigenvalue weighted by Crippen LogP contribution is -2.27. The molecule has 0 radical (unpaired) electrons. The molecule has 2 rings (SSSR count). The maximum atomic E-state index is 12.0. The van der Waals surface area contributed by atoms with E-state index in [0.29, 0.717) is 0 Å². The van der Waals surface area contributed by atoms with Crippen molar-refractivity contribution in [3.05, 3.63) is 45.0 Å². The first-order valence-electron chi connectivity index (χ1n) is 6.19. The second kappa shape index (κ2) is 6.89. The van der Waals surface area contributed by atoms with Crippen molar-refractivity contribution in [1.82, 2.24) is 10.6 Å². The van der Waals surface area contributed by atoms with E-state index in [9.17, 15) is 4.79 Å². The van der Waals surface area contributed by atoms with Gasteiger partial charge in [-0.05, 0) is 54.1 Å². The number of carbonyl (C=O) groups is 1. The molecule has 4 heteroatoms. The molecule has 0 aliphatic carbocycles. The van der Waals surface area contributed by atoms with Crippen LogP contribution in [0.1, 0.15) is 23.2 Å². The van der Waals surface area contributed by atoms with Gasteiger partial charge < -0.3 is 10.6 Å². The molecule has 0 spiro atoms. The largest absolute Gasteiger partial charge is 0.352 e. The van der Waals surface area contributed by atoms with Crippen molar-refractivity contribution in [3.63, 3.8) is 0 Å². The zero-order chi connectivity index (χ0) is 12.8. The first-order valence-corrected chi connectivity index (χ1v) is 7.26. The van der Waals surface area contributed by atoms with Gasteiger partial charge in [-0.1, -0.05) is 23.8 Å². The maximum absolute atomic E-state index is 12.0. The van der Waals surface area contributed by atoms with Crippen LogP contribution in [0.25, 0.3) is 0 Å². The molecule has 0 bridgehead atoms. The van der Waals surface area contributed by atoms with Crippen molar-refractivity contribution < 1.29 is 4.79 Å². The van der Waals surface area contributed by atoms with Gasteiger partial charge in [0.05, 0.1) is 5.56 Å². The van der Waals surface area contributed by atoms with Crippen molar-refractivity contribution >= 4 is 28.5 Å². The molecule has 1 aliphatic heterocycles. The van der Waals surface area contributed by atoms with E-state index in [4.69, 9.17) is 0 Å². The van der Waals surface area contributed by atoms with Crippen LogP contribution in [-0.2, 0) is 0 Å². The molecule has 0 unspecified atom stereocenters. The average Bonchev–Trinajstić information content (AvgIpc) is 2.40. The summed E-state index contributed by atoms with van der Waals surface area (Å²) in [6, 6.07) is 7.65. The Morgan fingerprint density at radius 2 is 2.22 bits per heavy atom. The number of halogens is 1. The predicted molar refractivity (Wildman–Crippen MR) is 81.7 cm³/mol. The number of rotatable bonds is 4. The second-order valence-electron chi connectivity index (χ2n) is 4.30. The Kier molecular flexibility index (Phi) is 5.19. The van der Waals surface area contributed by atoms with E-state index in [1.54, 1.807) is 0 Å². The fourth-order valence-electron chi connectivity index (χ4n) is 1.97. The quantitative estimate of drug-likeness (QED) is 0.642. The van der Waals surface area contributed by atoms with Crippen LogP contribution in [0.5, 0.6) is 0 Å². The number of benzene rings is 1. The molecule has 2 N–H and O–H groups in total. The van der Waals surface area contributed by atoms with E-state index < -0.39 is 0 Å². The van der Waals surface area contributed by atoms with Gasteiger partial charge in [0.25, 0.3) is 5.91 Å². The predicted octanol–water partition coefficient (Wildman–Crippen LogP) is 2.33. The molecule has 1 aliphatic rings. The third-order valence-corrected chi connectivity index (χ3v) is 3.95. The first-order chi connectivity index (χ1) is 8.77. The van der Waals surface area contributed by atoms with Gasteiger partial charge in [0.2, 0.25) is 0 Å². The highest BCUT2D eigenvalue weighted by atomic mass is 127. The molecule has 1 heterocycles. The molecule has 0 saturated carbocycles. The molecule has 1 amide bonds. The fourth-order valence-corrected chi connectivity index (χ4v) is 2.61. The third kappa shape index (κ3) is 3.81. The van der Waals surface area contributed by atoms with Crippen molar-refractivity contribution in [2.45, 2.75) is 12.8 Å². The lowest BCUT2D eigenvalue weighted by Gasteiger charge is -2.14. The van der Waals surface area contributed by atoms with E-state index in [1.165, 1.54) is 5.57 Å². The minimum Gasteiger partial charge on any atom is -0.352 e. The summed E-state index contributed by atoms with van der Waals surface area (Å²) in [6.07, 6.45) is 4.28. The Bertz CT molecular complexity index is 457. The Balaban J connectivity index is 1.82. The summed E-state index contributed by atoms with van der Waals surface area (Å²) in [4.78, 5) is 12.0. The van der Waals surface area contributed by atoms with Gasteiger partial charge in [-0.3, -0.25) is 4.79 Å². The summed E-state index contributed by atoms with van der Waals surface area (Å²) in [6.45, 7) is 2.73. The molecule has 3 nitrogen and oxygen atoms in total. The number of amides is 1. The summed E-state index contributed by atoms with van der Waals surface area (Å²) in [5.41, 5.74) is 2.20. The van der Waals surface area contributed by atoms with Crippen LogP contribution >= 0.6 is 22.6 Å². The van der Waals surface area contributed by atoms with Crippen molar-refractivity contribution in [2.24, 2.45) is 0 Å². The van der Waals surface area contributed by atoms with Crippen LogP contribution < -0.4 is 10.6 Å². The number of carbonyl (C=O) groups excluding carboxylic acids is 1. The van der Waals surface area contributed by atoms with E-state index >= 15 is 0 Å². The Morgan fingerprint density at radius 1 is 1.39 bits per heavy atom. The molecular weight excluding hydrogens is 339 g/mol. The summed E-state index contributed by atoms with van der Waals surface area (Å²) in [5.74, 6) is 0.0227. The van der Waals surface area contributed by atoms with Crippen LogP contribution in [0.2, 0.25) is 0 Å². The van der Waals surface area contributed by atoms with E-state index in [1.807, 2.05) is 24.3 Å². The van der Waals surface area contributed by atoms with Gasteiger partial charge >= 0.3 is 0 Å². The lowest BCUT2D eigenvalue weighted by molar-refractivity contribution is 0.0953. The Labute approximate surface area is 121 Å². The van der Waals surface area contributed by atoms with Gasteiger partial charge in [-0.25, -0.2) is 0 Å². The van der Waals surface area contributed by atoms with Crippen molar-refractivity contribution in [2.75, 3.05) is 19.6 Å². The summed E-state index contributed by atoms with van der Waals surface area (Å²) >= 11 is 2.19. The molecule has 0 atom stereocenters. The summed E-state index contributed by atoms with van der Waals surface area (Å²) < 4.78 is 0.994. The van der Waals surface area contributed by atoms with Crippen LogP contribution in [-0.4, -0.2) is 25.5 Å². The molecule has 0 saturated heterocycles. The zero-order valence-corrected chi connectivity index (χ0v) is 12.4. The van der Waals surface area contributed by atoms with E-state index in [0.717, 1.165) is 41.6 Å². The van der Waals surface area contributed by atoms with Gasteiger partial charge in [0, 0.05) is 16.7 Å². The van der Waals surface area contributed by atoms with Crippen molar-refractivity contribution in [1.29, 1.82) is 0 Å². The third-order valence-electron chi connectivity index (χ3n) is 3.01. The number of hydrogen-bond donors (Lipinski definition) is 2. The van der Waals surface area contributed by atoms with Crippen LogP contribution in [0, 0.1) is 3.57 Å². The highest BCUT2D eigenvalue weighted by molar-refractivity contribution is 14.1. The Morgan fingerprint density at radius 3 is 2.94 bits per heavy atom.